The minimum atomic E-state index is 0.0870. The number of benzene rings is 1. The van der Waals surface area contributed by atoms with Gasteiger partial charge in [0.05, 0.1) is 18.8 Å². The van der Waals surface area contributed by atoms with Crippen molar-refractivity contribution in [3.05, 3.63) is 34.3 Å². The number of nitrogens with zero attached hydrogens (tertiary/aromatic N) is 1. The highest BCUT2D eigenvalue weighted by Crippen LogP contribution is 2.33. The van der Waals surface area contributed by atoms with Crippen LogP contribution in [0.1, 0.15) is 24.9 Å². The summed E-state index contributed by atoms with van der Waals surface area (Å²) in [6, 6.07) is 8.63. The number of morpholine rings is 1. The van der Waals surface area contributed by atoms with E-state index in [1.165, 1.54) is 5.56 Å². The van der Waals surface area contributed by atoms with Crippen LogP contribution in [0, 0.1) is 0 Å². The lowest BCUT2D eigenvalue weighted by Crippen LogP contribution is -2.48. The summed E-state index contributed by atoms with van der Waals surface area (Å²) in [5.41, 5.74) is 7.15. The molecule has 1 fully saturated rings. The largest absolute Gasteiger partial charge is 0.374 e. The van der Waals surface area contributed by atoms with Gasteiger partial charge < -0.3 is 10.5 Å². The molecule has 1 aromatic carbocycles. The zero-order valence-electron chi connectivity index (χ0n) is 10.8. The highest BCUT2D eigenvalue weighted by molar-refractivity contribution is 9.10. The summed E-state index contributed by atoms with van der Waals surface area (Å²) in [6.07, 6.45) is 1.24. The Morgan fingerprint density at radius 3 is 2.89 bits per heavy atom. The number of hydrogen-bond donors (Lipinski definition) is 1. The van der Waals surface area contributed by atoms with E-state index in [0.717, 1.165) is 30.6 Å². The van der Waals surface area contributed by atoms with Crippen LogP contribution in [0.15, 0.2) is 28.7 Å². The predicted octanol–water partition coefficient (Wildman–Crippen LogP) is 2.56. The highest BCUT2D eigenvalue weighted by atomic mass is 79.9. The molecule has 1 saturated heterocycles. The zero-order valence-corrected chi connectivity index (χ0v) is 12.4. The molecule has 0 saturated carbocycles. The van der Waals surface area contributed by atoms with Crippen LogP contribution in [-0.2, 0) is 4.74 Å². The lowest BCUT2D eigenvalue weighted by molar-refractivity contribution is -0.0678. The minimum absolute atomic E-state index is 0.0870. The Labute approximate surface area is 117 Å². The van der Waals surface area contributed by atoms with Crippen molar-refractivity contribution in [3.8, 4) is 0 Å². The van der Waals surface area contributed by atoms with Crippen molar-refractivity contribution >= 4 is 15.9 Å². The maximum absolute atomic E-state index is 5.87. The molecule has 1 aromatic rings. The van der Waals surface area contributed by atoms with E-state index >= 15 is 0 Å². The number of halogens is 1. The molecular formula is C14H21BrN2O. The molecule has 2 rings (SSSR count). The Kier molecular flexibility index (Phi) is 5.18. The van der Waals surface area contributed by atoms with E-state index in [4.69, 9.17) is 10.5 Å². The lowest BCUT2D eigenvalue weighted by Gasteiger charge is -2.41. The number of rotatable bonds is 4. The third kappa shape index (κ3) is 2.94. The van der Waals surface area contributed by atoms with Crippen molar-refractivity contribution in [3.63, 3.8) is 0 Å². The second-order valence-corrected chi connectivity index (χ2v) is 5.50. The van der Waals surface area contributed by atoms with Crippen molar-refractivity contribution < 1.29 is 4.74 Å². The molecule has 3 nitrogen and oxygen atoms in total. The summed E-state index contributed by atoms with van der Waals surface area (Å²) < 4.78 is 6.98. The Morgan fingerprint density at radius 2 is 2.22 bits per heavy atom. The summed E-state index contributed by atoms with van der Waals surface area (Å²) in [6.45, 7) is 5.63. The molecule has 18 heavy (non-hydrogen) atoms. The summed E-state index contributed by atoms with van der Waals surface area (Å²) >= 11 is 3.64. The Balaban J connectivity index is 2.30. The average Bonchev–Trinajstić information content (AvgIpc) is 2.40. The van der Waals surface area contributed by atoms with Crippen LogP contribution in [0.5, 0.6) is 0 Å². The maximum Gasteiger partial charge on any atom is 0.0894 e. The van der Waals surface area contributed by atoms with Crippen molar-refractivity contribution in [2.45, 2.75) is 25.5 Å². The molecule has 2 N–H and O–H groups in total. The first-order chi connectivity index (χ1) is 8.77. The zero-order chi connectivity index (χ0) is 13.0. The van der Waals surface area contributed by atoms with E-state index in [2.05, 4.69) is 46.0 Å². The summed E-state index contributed by atoms with van der Waals surface area (Å²) in [5.74, 6) is 0. The molecule has 4 heteroatoms. The molecule has 1 aliphatic rings. The van der Waals surface area contributed by atoms with Gasteiger partial charge in [0, 0.05) is 17.6 Å². The van der Waals surface area contributed by atoms with Gasteiger partial charge in [0.1, 0.15) is 0 Å². The van der Waals surface area contributed by atoms with E-state index in [0.29, 0.717) is 6.54 Å². The molecule has 2 atom stereocenters. The van der Waals surface area contributed by atoms with Gasteiger partial charge in [-0.3, -0.25) is 4.90 Å². The number of nitrogens with two attached hydrogens (primary N) is 1. The quantitative estimate of drug-likeness (QED) is 0.928. The fraction of sp³-hybridized carbons (Fsp3) is 0.571. The normalized spacial score (nSPS) is 25.3. The second-order valence-electron chi connectivity index (χ2n) is 4.65. The molecule has 2 unspecified atom stereocenters. The van der Waals surface area contributed by atoms with Gasteiger partial charge in [-0.25, -0.2) is 0 Å². The van der Waals surface area contributed by atoms with E-state index in [9.17, 15) is 0 Å². The van der Waals surface area contributed by atoms with Crippen molar-refractivity contribution in [2.24, 2.45) is 5.73 Å². The highest BCUT2D eigenvalue weighted by Gasteiger charge is 2.33. The maximum atomic E-state index is 5.87. The van der Waals surface area contributed by atoms with Crippen LogP contribution in [0.3, 0.4) is 0 Å². The fourth-order valence-corrected chi connectivity index (χ4v) is 3.15. The standard InChI is InChI=1S/C14H21BrN2O/c1-2-7-17-8-9-18-13(10-16)14(17)11-5-3-4-6-12(11)15/h3-6,13-14H,2,7-10,16H2,1H3. The van der Waals surface area contributed by atoms with Gasteiger partial charge in [-0.1, -0.05) is 41.1 Å². The van der Waals surface area contributed by atoms with Crippen LogP contribution in [-0.4, -0.2) is 37.2 Å². The minimum Gasteiger partial charge on any atom is -0.374 e. The monoisotopic (exact) mass is 312 g/mol. The number of hydrogen-bond acceptors (Lipinski definition) is 3. The van der Waals surface area contributed by atoms with Crippen LogP contribution in [0.25, 0.3) is 0 Å². The molecular weight excluding hydrogens is 292 g/mol. The molecule has 0 spiro atoms. The third-order valence-electron chi connectivity index (χ3n) is 3.42. The smallest absolute Gasteiger partial charge is 0.0894 e. The van der Waals surface area contributed by atoms with Gasteiger partial charge in [0.25, 0.3) is 0 Å². The lowest BCUT2D eigenvalue weighted by atomic mass is 9.98. The van der Waals surface area contributed by atoms with Gasteiger partial charge >= 0.3 is 0 Å². The van der Waals surface area contributed by atoms with Crippen LogP contribution < -0.4 is 5.73 Å². The van der Waals surface area contributed by atoms with Gasteiger partial charge in [-0.05, 0) is 24.6 Å². The van der Waals surface area contributed by atoms with Crippen molar-refractivity contribution in [2.75, 3.05) is 26.2 Å². The van der Waals surface area contributed by atoms with E-state index in [-0.39, 0.29) is 12.1 Å². The van der Waals surface area contributed by atoms with E-state index < -0.39 is 0 Å². The van der Waals surface area contributed by atoms with Gasteiger partial charge in [0.2, 0.25) is 0 Å². The number of ether oxygens (including phenoxy) is 1. The summed E-state index contributed by atoms with van der Waals surface area (Å²) in [4.78, 5) is 2.49. The second kappa shape index (κ2) is 6.66. The molecule has 100 valence electrons. The Hall–Kier alpha value is -0.420. The first-order valence-corrected chi connectivity index (χ1v) is 7.37. The molecule has 0 aliphatic carbocycles. The van der Waals surface area contributed by atoms with Crippen molar-refractivity contribution in [1.29, 1.82) is 0 Å². The van der Waals surface area contributed by atoms with Crippen LogP contribution in [0.4, 0.5) is 0 Å². The van der Waals surface area contributed by atoms with Gasteiger partial charge in [0.15, 0.2) is 0 Å². The van der Waals surface area contributed by atoms with Crippen molar-refractivity contribution in [1.82, 2.24) is 4.90 Å². The molecule has 0 bridgehead atoms. The molecule has 0 aromatic heterocycles. The van der Waals surface area contributed by atoms with Gasteiger partial charge in [-0.2, -0.15) is 0 Å². The SMILES string of the molecule is CCCN1CCOC(CN)C1c1ccccc1Br. The topological polar surface area (TPSA) is 38.5 Å². The summed E-state index contributed by atoms with van der Waals surface area (Å²) in [5, 5.41) is 0. The van der Waals surface area contributed by atoms with E-state index in [1.807, 2.05) is 6.07 Å². The van der Waals surface area contributed by atoms with Gasteiger partial charge in [-0.15, -0.1) is 0 Å². The van der Waals surface area contributed by atoms with Crippen LogP contribution in [0.2, 0.25) is 0 Å². The average molecular weight is 313 g/mol. The Morgan fingerprint density at radius 1 is 1.44 bits per heavy atom. The first kappa shape index (κ1) is 14.0. The third-order valence-corrected chi connectivity index (χ3v) is 4.15. The molecule has 1 aliphatic heterocycles. The van der Waals surface area contributed by atoms with E-state index in [1.54, 1.807) is 0 Å². The molecule has 0 radical (unpaired) electrons. The first-order valence-electron chi connectivity index (χ1n) is 6.58. The summed E-state index contributed by atoms with van der Waals surface area (Å²) in [7, 11) is 0. The predicted molar refractivity (Wildman–Crippen MR) is 77.5 cm³/mol. The molecule has 0 amide bonds. The molecule has 1 heterocycles. The van der Waals surface area contributed by atoms with Crippen LogP contribution >= 0.6 is 15.9 Å². The fourth-order valence-electron chi connectivity index (χ4n) is 2.63. The Bertz CT molecular complexity index is 384.